The molecule has 0 radical (unpaired) electrons. The molecule has 1 unspecified atom stereocenters. The second-order valence-electron chi connectivity index (χ2n) is 6.74. The Morgan fingerprint density at radius 1 is 1.00 bits per heavy atom. The fourth-order valence-corrected chi connectivity index (χ4v) is 3.03. The highest BCUT2D eigenvalue weighted by atomic mass is 35.5. The Hall–Kier alpha value is -3.28. The number of halogens is 1. The maximum Gasteiger partial charge on any atom is 0.279 e. The van der Waals surface area contributed by atoms with Crippen LogP contribution in [-0.2, 0) is 9.59 Å². The van der Waals surface area contributed by atoms with Gasteiger partial charge in [0, 0.05) is 16.8 Å². The van der Waals surface area contributed by atoms with E-state index < -0.39 is 0 Å². The molecule has 0 aliphatic rings. The Labute approximate surface area is 186 Å². The van der Waals surface area contributed by atoms with Gasteiger partial charge in [0.2, 0.25) is 0 Å². The molecule has 1 atom stereocenters. The van der Waals surface area contributed by atoms with E-state index in [0.717, 1.165) is 0 Å². The minimum Gasteiger partial charge on any atom is -0.490 e. The normalized spacial score (nSPS) is 11.2. The van der Waals surface area contributed by atoms with Crippen molar-refractivity contribution in [2.24, 2.45) is 0 Å². The van der Waals surface area contributed by atoms with Gasteiger partial charge in [-0.2, -0.15) is 5.26 Å². The van der Waals surface area contributed by atoms with Gasteiger partial charge in [0.1, 0.15) is 6.07 Å². The molecule has 0 saturated heterocycles. The lowest BCUT2D eigenvalue weighted by molar-refractivity contribution is -0.862. The highest BCUT2D eigenvalue weighted by Crippen LogP contribution is 2.30. The van der Waals surface area contributed by atoms with Crippen molar-refractivity contribution in [3.8, 4) is 17.6 Å². The number of nitrogens with zero attached hydrogens (tertiary/aromatic N) is 1. The fraction of sp³-hybridized carbons (Fsp3) is 0.318. The topological polar surface area (TPSA) is 105 Å². The monoisotopic (exact) mass is 445 g/mol. The number of benzene rings is 2. The molecule has 0 bridgehead atoms. The molecular formula is C22H26ClN4O4+. The summed E-state index contributed by atoms with van der Waals surface area (Å²) in [7, 11) is 1.73. The first-order valence-corrected chi connectivity index (χ1v) is 10.2. The summed E-state index contributed by atoms with van der Waals surface area (Å²) in [5.41, 5.74) is 1.23. The van der Waals surface area contributed by atoms with Crippen molar-refractivity contribution in [3.63, 3.8) is 0 Å². The van der Waals surface area contributed by atoms with Crippen molar-refractivity contribution in [3.05, 3.63) is 47.0 Å². The van der Waals surface area contributed by atoms with E-state index in [-0.39, 0.29) is 24.9 Å². The molecule has 2 aromatic carbocycles. The van der Waals surface area contributed by atoms with E-state index in [1.165, 1.54) is 12.1 Å². The zero-order valence-electron chi connectivity index (χ0n) is 17.8. The van der Waals surface area contributed by atoms with Crippen molar-refractivity contribution in [1.29, 1.82) is 5.26 Å². The van der Waals surface area contributed by atoms with Crippen LogP contribution < -0.4 is 25.0 Å². The predicted molar refractivity (Wildman–Crippen MR) is 119 cm³/mol. The van der Waals surface area contributed by atoms with E-state index in [4.69, 9.17) is 26.3 Å². The number of amides is 2. The molecule has 2 rings (SSSR count). The van der Waals surface area contributed by atoms with Crippen LogP contribution in [0.5, 0.6) is 11.5 Å². The largest absolute Gasteiger partial charge is 0.490 e. The number of carbonyl (C=O) groups excluding carboxylic acids is 2. The first-order valence-electron chi connectivity index (χ1n) is 9.86. The molecule has 0 heterocycles. The zero-order chi connectivity index (χ0) is 22.8. The molecule has 3 N–H and O–H groups in total. The third-order valence-corrected chi connectivity index (χ3v) is 4.36. The van der Waals surface area contributed by atoms with E-state index in [1.807, 2.05) is 19.9 Å². The van der Waals surface area contributed by atoms with Crippen LogP contribution in [0.15, 0.2) is 36.4 Å². The van der Waals surface area contributed by atoms with Gasteiger partial charge in [-0.05, 0) is 44.2 Å². The lowest BCUT2D eigenvalue weighted by Gasteiger charge is -2.15. The summed E-state index contributed by atoms with van der Waals surface area (Å²) in [5.74, 6) is 0.581. The molecule has 0 fully saturated rings. The van der Waals surface area contributed by atoms with Crippen LogP contribution in [0.1, 0.15) is 19.4 Å². The lowest BCUT2D eigenvalue weighted by atomic mass is 10.2. The Morgan fingerprint density at radius 3 is 2.29 bits per heavy atom. The Bertz CT molecular complexity index is 974. The Balaban J connectivity index is 1.92. The summed E-state index contributed by atoms with van der Waals surface area (Å²) in [4.78, 5) is 25.4. The van der Waals surface area contributed by atoms with Gasteiger partial charge < -0.3 is 25.0 Å². The van der Waals surface area contributed by atoms with Crippen molar-refractivity contribution >= 4 is 34.8 Å². The number of hydrogen-bond donors (Lipinski definition) is 3. The second kappa shape index (κ2) is 11.8. The Morgan fingerprint density at radius 2 is 1.65 bits per heavy atom. The van der Waals surface area contributed by atoms with Gasteiger partial charge in [0.05, 0.1) is 31.5 Å². The number of anilines is 2. The zero-order valence-corrected chi connectivity index (χ0v) is 18.5. The van der Waals surface area contributed by atoms with E-state index in [9.17, 15) is 9.59 Å². The first kappa shape index (κ1) is 24.0. The van der Waals surface area contributed by atoms with Gasteiger partial charge in [-0.25, -0.2) is 0 Å². The molecule has 0 aliphatic carbocycles. The second-order valence-corrected chi connectivity index (χ2v) is 7.17. The van der Waals surface area contributed by atoms with Crippen LogP contribution in [0.3, 0.4) is 0 Å². The van der Waals surface area contributed by atoms with Crippen LogP contribution in [0.4, 0.5) is 11.4 Å². The molecule has 0 aliphatic heterocycles. The van der Waals surface area contributed by atoms with Gasteiger partial charge in [-0.3, -0.25) is 9.59 Å². The van der Waals surface area contributed by atoms with Gasteiger partial charge in [-0.1, -0.05) is 11.6 Å². The minimum absolute atomic E-state index is 0.0400. The van der Waals surface area contributed by atoms with Crippen molar-refractivity contribution in [1.82, 2.24) is 0 Å². The highest BCUT2D eigenvalue weighted by Gasteiger charge is 2.16. The smallest absolute Gasteiger partial charge is 0.279 e. The number of carbonyl (C=O) groups is 2. The van der Waals surface area contributed by atoms with E-state index in [2.05, 4.69) is 10.6 Å². The molecule has 8 nitrogen and oxygen atoms in total. The number of nitrogens with one attached hydrogen (secondary N) is 3. The van der Waals surface area contributed by atoms with Gasteiger partial charge >= 0.3 is 0 Å². The lowest BCUT2D eigenvalue weighted by Crippen LogP contribution is -3.11. The van der Waals surface area contributed by atoms with Crippen LogP contribution in [0.25, 0.3) is 0 Å². The molecule has 0 saturated carbocycles. The van der Waals surface area contributed by atoms with Crippen LogP contribution in [-0.4, -0.2) is 45.2 Å². The van der Waals surface area contributed by atoms with E-state index in [0.29, 0.717) is 51.6 Å². The molecule has 9 heteroatoms. The molecule has 0 aromatic heterocycles. The summed E-state index contributed by atoms with van der Waals surface area (Å²) in [6.45, 7) is 4.84. The fourth-order valence-electron chi connectivity index (χ4n) is 2.86. The molecule has 31 heavy (non-hydrogen) atoms. The maximum absolute atomic E-state index is 12.4. The highest BCUT2D eigenvalue weighted by molar-refractivity contribution is 6.31. The standard InChI is InChI=1S/C22H25ClN4O4/c1-4-30-19-9-8-17(11-20(19)31-5-2)25-21(28)13-27(3)14-22(29)26-18-10-16(23)7-6-15(18)12-24/h6-11H,4-5,13-14H2,1-3H3,(H,25,28)(H,26,29)/p+1. The summed E-state index contributed by atoms with van der Waals surface area (Å²) in [6, 6.07) is 11.8. The number of likely N-dealkylation sites (N-methyl/N-ethyl adjacent to an activating group) is 1. The number of ether oxygens (including phenoxy) is 2. The van der Waals surface area contributed by atoms with Crippen molar-refractivity contribution in [2.45, 2.75) is 13.8 Å². The number of hydrogen-bond acceptors (Lipinski definition) is 5. The summed E-state index contributed by atoms with van der Waals surface area (Å²) in [5, 5.41) is 15.0. The molecule has 164 valence electrons. The number of quaternary nitrogens is 1. The molecule has 0 spiro atoms. The molecular weight excluding hydrogens is 420 g/mol. The van der Waals surface area contributed by atoms with Gasteiger partial charge in [0.15, 0.2) is 24.6 Å². The maximum atomic E-state index is 12.4. The van der Waals surface area contributed by atoms with E-state index >= 15 is 0 Å². The van der Waals surface area contributed by atoms with Crippen molar-refractivity contribution < 1.29 is 24.0 Å². The third-order valence-electron chi connectivity index (χ3n) is 4.13. The SMILES string of the molecule is CCOc1ccc(NC(=O)C[NH+](C)CC(=O)Nc2cc(Cl)ccc2C#N)cc1OCC. The minimum atomic E-state index is -0.330. The molecule has 2 aromatic rings. The van der Waals surface area contributed by atoms with Crippen LogP contribution >= 0.6 is 11.6 Å². The van der Waals surface area contributed by atoms with Crippen LogP contribution in [0.2, 0.25) is 5.02 Å². The predicted octanol–water partition coefficient (Wildman–Crippen LogP) is 2.10. The number of nitriles is 1. The summed E-state index contributed by atoms with van der Waals surface area (Å²) >= 11 is 5.93. The summed E-state index contributed by atoms with van der Waals surface area (Å²) in [6.07, 6.45) is 0. The van der Waals surface area contributed by atoms with Gasteiger partial charge in [0.25, 0.3) is 11.8 Å². The third kappa shape index (κ3) is 7.48. The first-order chi connectivity index (χ1) is 14.9. The van der Waals surface area contributed by atoms with Crippen LogP contribution in [0, 0.1) is 11.3 Å². The van der Waals surface area contributed by atoms with Gasteiger partial charge in [-0.15, -0.1) is 0 Å². The average molecular weight is 446 g/mol. The average Bonchev–Trinajstić information content (AvgIpc) is 2.70. The van der Waals surface area contributed by atoms with Crippen molar-refractivity contribution in [2.75, 3.05) is 44.0 Å². The quantitative estimate of drug-likeness (QED) is 0.519. The summed E-state index contributed by atoms with van der Waals surface area (Å²) < 4.78 is 11.1. The molecule has 2 amide bonds. The Kier molecular flexibility index (Phi) is 9.13. The number of rotatable bonds is 10. The van der Waals surface area contributed by atoms with E-state index in [1.54, 1.807) is 31.3 Å².